The molecule has 32 heavy (non-hydrogen) atoms. The van der Waals surface area contributed by atoms with Crippen molar-refractivity contribution in [1.82, 2.24) is 5.43 Å². The molecule has 0 aliphatic heterocycles. The van der Waals surface area contributed by atoms with Crippen LogP contribution in [0.1, 0.15) is 105 Å². The van der Waals surface area contributed by atoms with Gasteiger partial charge in [-0.05, 0) is 104 Å². The van der Waals surface area contributed by atoms with Crippen molar-refractivity contribution in [2.24, 2.45) is 57.2 Å². The number of nitrogens with one attached hydrogen (secondary N) is 1. The van der Waals surface area contributed by atoms with Crippen molar-refractivity contribution in [2.45, 2.75) is 105 Å². The number of hydrazone groups is 1. The van der Waals surface area contributed by atoms with Crippen molar-refractivity contribution in [2.75, 3.05) is 0 Å². The molecule has 3 saturated carbocycles. The van der Waals surface area contributed by atoms with E-state index < -0.39 is 6.03 Å². The highest BCUT2D eigenvalue weighted by molar-refractivity contribution is 5.97. The molecule has 0 unspecified atom stereocenters. The highest BCUT2D eigenvalue weighted by Gasteiger charge is 2.59. The van der Waals surface area contributed by atoms with E-state index in [4.69, 9.17) is 5.73 Å². The van der Waals surface area contributed by atoms with E-state index in [1.165, 1.54) is 57.8 Å². The lowest BCUT2D eigenvalue weighted by molar-refractivity contribution is -0.0573. The van der Waals surface area contributed by atoms with Crippen molar-refractivity contribution in [3.63, 3.8) is 0 Å². The van der Waals surface area contributed by atoms with Crippen LogP contribution in [0.15, 0.2) is 16.8 Å². The fraction of sp³-hybridized carbons (Fsp3) is 0.857. The Morgan fingerprint density at radius 1 is 1.09 bits per heavy atom. The Bertz CT molecular complexity index is 771. The SMILES string of the molecule is CC(C)CCC[C@@H](C)[C@H]1CC[C@H]2[C@@H]3CCC4=C/C(=N/NC(N)=O)CC[C@]4(C)[C@H]3CC[C@]12C. The maximum Gasteiger partial charge on any atom is 0.332 e. The number of hydrogen-bond donors (Lipinski definition) is 2. The molecule has 4 aliphatic carbocycles. The van der Waals surface area contributed by atoms with Crippen LogP contribution in [0.4, 0.5) is 4.79 Å². The number of carbonyl (C=O) groups excluding carboxylic acids is 1. The third-order valence-electron chi connectivity index (χ3n) is 10.5. The lowest BCUT2D eigenvalue weighted by atomic mass is 9.46. The van der Waals surface area contributed by atoms with Gasteiger partial charge in [-0.25, -0.2) is 10.2 Å². The number of fused-ring (bicyclic) bond motifs is 5. The predicted octanol–water partition coefficient (Wildman–Crippen LogP) is 7.05. The first kappa shape index (κ1) is 23.8. The highest BCUT2D eigenvalue weighted by atomic mass is 16.2. The number of nitrogens with zero attached hydrogens (tertiary/aromatic N) is 1. The maximum atomic E-state index is 11.1. The molecule has 180 valence electrons. The van der Waals surface area contributed by atoms with Crippen LogP contribution in [0, 0.1) is 46.3 Å². The average molecular weight is 442 g/mol. The smallest absolute Gasteiger partial charge is 0.332 e. The fourth-order valence-electron chi connectivity index (χ4n) is 8.81. The van der Waals surface area contributed by atoms with Gasteiger partial charge >= 0.3 is 6.03 Å². The molecular formula is C28H47N3O. The van der Waals surface area contributed by atoms with Crippen LogP contribution < -0.4 is 11.2 Å². The summed E-state index contributed by atoms with van der Waals surface area (Å²) < 4.78 is 0. The van der Waals surface area contributed by atoms with Gasteiger partial charge < -0.3 is 5.73 Å². The van der Waals surface area contributed by atoms with Crippen molar-refractivity contribution in [3.05, 3.63) is 11.6 Å². The van der Waals surface area contributed by atoms with Crippen LogP contribution in [-0.2, 0) is 0 Å². The Morgan fingerprint density at radius 3 is 2.59 bits per heavy atom. The number of allylic oxidation sites excluding steroid dienone is 2. The number of amides is 2. The topological polar surface area (TPSA) is 67.5 Å². The molecule has 0 spiro atoms. The number of hydrogen-bond acceptors (Lipinski definition) is 2. The lowest BCUT2D eigenvalue weighted by Gasteiger charge is -2.58. The van der Waals surface area contributed by atoms with E-state index in [1.807, 2.05) is 0 Å². The molecule has 3 N–H and O–H groups in total. The molecule has 0 bridgehead atoms. The first-order valence-corrected chi connectivity index (χ1v) is 13.5. The number of primary amides is 1. The second-order valence-corrected chi connectivity index (χ2v) is 12.6. The second-order valence-electron chi connectivity index (χ2n) is 12.6. The van der Waals surface area contributed by atoms with Crippen LogP contribution in [0.25, 0.3) is 0 Å². The Kier molecular flexibility index (Phi) is 6.81. The van der Waals surface area contributed by atoms with E-state index in [-0.39, 0.29) is 0 Å². The predicted molar refractivity (Wildman–Crippen MR) is 133 cm³/mol. The number of rotatable bonds is 6. The summed E-state index contributed by atoms with van der Waals surface area (Å²) in [6.45, 7) is 12.5. The van der Waals surface area contributed by atoms with Crippen LogP contribution in [0.5, 0.6) is 0 Å². The first-order chi connectivity index (χ1) is 15.1. The van der Waals surface area contributed by atoms with Gasteiger partial charge in [0.25, 0.3) is 0 Å². The van der Waals surface area contributed by atoms with Gasteiger partial charge in [0.15, 0.2) is 0 Å². The quantitative estimate of drug-likeness (QED) is 0.426. The van der Waals surface area contributed by atoms with Crippen molar-refractivity contribution >= 4 is 11.7 Å². The molecule has 0 heterocycles. The Morgan fingerprint density at radius 2 is 1.88 bits per heavy atom. The molecule has 7 atom stereocenters. The molecule has 0 aromatic rings. The fourth-order valence-corrected chi connectivity index (χ4v) is 8.81. The van der Waals surface area contributed by atoms with Crippen LogP contribution in [0.2, 0.25) is 0 Å². The van der Waals surface area contributed by atoms with E-state index >= 15 is 0 Å². The summed E-state index contributed by atoms with van der Waals surface area (Å²) in [6.07, 6.45) is 16.9. The second kappa shape index (κ2) is 9.14. The minimum atomic E-state index is -0.575. The lowest BCUT2D eigenvalue weighted by Crippen LogP contribution is -2.51. The van der Waals surface area contributed by atoms with Crippen molar-refractivity contribution < 1.29 is 4.79 Å². The zero-order valence-electron chi connectivity index (χ0n) is 21.3. The molecule has 4 rings (SSSR count). The molecule has 4 aliphatic rings. The molecule has 3 fully saturated rings. The van der Waals surface area contributed by atoms with E-state index in [2.05, 4.69) is 51.2 Å². The van der Waals surface area contributed by atoms with Crippen molar-refractivity contribution in [1.29, 1.82) is 0 Å². The summed E-state index contributed by atoms with van der Waals surface area (Å²) in [7, 11) is 0. The van der Waals surface area contributed by atoms with Gasteiger partial charge in [-0.2, -0.15) is 5.10 Å². The summed E-state index contributed by atoms with van der Waals surface area (Å²) in [4.78, 5) is 11.1. The molecule has 4 nitrogen and oxygen atoms in total. The zero-order chi connectivity index (χ0) is 23.1. The normalized spacial score (nSPS) is 40.9. The molecule has 0 aromatic heterocycles. The van der Waals surface area contributed by atoms with Gasteiger partial charge in [-0.15, -0.1) is 0 Å². The van der Waals surface area contributed by atoms with Gasteiger partial charge in [0.1, 0.15) is 0 Å². The van der Waals surface area contributed by atoms with E-state index in [0.717, 1.165) is 54.1 Å². The van der Waals surface area contributed by atoms with Gasteiger partial charge in [0.2, 0.25) is 0 Å². The summed E-state index contributed by atoms with van der Waals surface area (Å²) in [5, 5.41) is 4.25. The number of carbonyl (C=O) groups is 1. The first-order valence-electron chi connectivity index (χ1n) is 13.5. The van der Waals surface area contributed by atoms with E-state index in [1.54, 1.807) is 5.57 Å². The molecular weight excluding hydrogens is 394 g/mol. The molecule has 0 saturated heterocycles. The summed E-state index contributed by atoms with van der Waals surface area (Å²) in [5.41, 5.74) is 11.1. The van der Waals surface area contributed by atoms with Crippen LogP contribution >= 0.6 is 0 Å². The van der Waals surface area contributed by atoms with E-state index in [0.29, 0.717) is 10.8 Å². The van der Waals surface area contributed by atoms with Crippen molar-refractivity contribution in [3.8, 4) is 0 Å². The Balaban J connectivity index is 1.47. The van der Waals surface area contributed by atoms with Gasteiger partial charge in [-0.1, -0.05) is 59.5 Å². The van der Waals surface area contributed by atoms with Crippen LogP contribution in [0.3, 0.4) is 0 Å². The van der Waals surface area contributed by atoms with Gasteiger partial charge in [0.05, 0.1) is 5.71 Å². The van der Waals surface area contributed by atoms with E-state index in [9.17, 15) is 4.79 Å². The van der Waals surface area contributed by atoms with Gasteiger partial charge in [-0.3, -0.25) is 0 Å². The summed E-state index contributed by atoms with van der Waals surface area (Å²) >= 11 is 0. The molecule has 4 heteroatoms. The average Bonchev–Trinajstić information content (AvgIpc) is 3.09. The largest absolute Gasteiger partial charge is 0.350 e. The highest BCUT2D eigenvalue weighted by Crippen LogP contribution is 2.67. The molecule has 0 aromatic carbocycles. The Hall–Kier alpha value is -1.32. The van der Waals surface area contributed by atoms with Crippen LogP contribution in [-0.4, -0.2) is 11.7 Å². The molecule has 0 radical (unpaired) electrons. The summed E-state index contributed by atoms with van der Waals surface area (Å²) in [6, 6.07) is -0.575. The third kappa shape index (κ3) is 4.28. The standard InChI is InChI=1S/C28H47N3O/c1-18(2)7-6-8-19(3)23-11-12-24-22-10-9-20-17-21(30-31-26(29)32)13-15-27(20,4)25(22)14-16-28(23,24)5/h17-19,22-25H,6-16H2,1-5H3,(H3,29,31,32)/b30-21+/t19-,22+,23-,24+,25+,27+,28-/m1/s1. The number of nitrogens with two attached hydrogens (primary N) is 1. The molecule has 2 amide bonds. The summed E-state index contributed by atoms with van der Waals surface area (Å²) in [5.74, 6) is 5.27. The maximum absolute atomic E-state index is 11.1. The monoisotopic (exact) mass is 441 g/mol. The number of urea groups is 1. The minimum absolute atomic E-state index is 0.316. The minimum Gasteiger partial charge on any atom is -0.350 e. The Labute approximate surface area is 196 Å². The third-order valence-corrected chi connectivity index (χ3v) is 10.5. The van der Waals surface area contributed by atoms with Gasteiger partial charge in [0, 0.05) is 0 Å². The zero-order valence-corrected chi connectivity index (χ0v) is 21.3.